The predicted molar refractivity (Wildman–Crippen MR) is 73.2 cm³/mol. The van der Waals surface area contributed by atoms with Gasteiger partial charge in [-0.1, -0.05) is 30.3 Å². The standard InChI is InChI=1S/C10H11ClN4O3S/c1-12-9(8(10(16)19)15(17)18)14-5-6-2-3-7(11)13-4-6/h2-4,12,14H,5H2,1H3,(H,16,19). The van der Waals surface area contributed by atoms with Crippen LogP contribution in [0.5, 0.6) is 0 Å². The van der Waals surface area contributed by atoms with Gasteiger partial charge >= 0.3 is 5.70 Å². The molecule has 9 heteroatoms. The second-order valence-corrected chi connectivity index (χ2v) is 4.17. The fourth-order valence-electron chi connectivity index (χ4n) is 1.27. The van der Waals surface area contributed by atoms with Crippen molar-refractivity contribution in [2.75, 3.05) is 7.05 Å². The molecule has 1 aromatic rings. The molecule has 0 saturated heterocycles. The van der Waals surface area contributed by atoms with E-state index in [0.717, 1.165) is 5.56 Å². The number of nitrogens with one attached hydrogen (secondary N) is 2. The number of thiol groups is 1. The minimum atomic E-state index is -0.934. The molecule has 0 amide bonds. The van der Waals surface area contributed by atoms with Crippen LogP contribution in [0.15, 0.2) is 29.8 Å². The van der Waals surface area contributed by atoms with Gasteiger partial charge in [0.25, 0.3) is 5.12 Å². The second-order valence-electron chi connectivity index (χ2n) is 3.38. The Labute approximate surface area is 119 Å². The average Bonchev–Trinajstić information content (AvgIpc) is 2.35. The minimum absolute atomic E-state index is 0.0139. The molecule has 102 valence electrons. The third kappa shape index (κ3) is 4.42. The van der Waals surface area contributed by atoms with Crippen molar-refractivity contribution in [2.45, 2.75) is 6.54 Å². The van der Waals surface area contributed by atoms with Gasteiger partial charge in [0.05, 0.1) is 4.92 Å². The lowest BCUT2D eigenvalue weighted by Crippen LogP contribution is -2.29. The monoisotopic (exact) mass is 302 g/mol. The highest BCUT2D eigenvalue weighted by Gasteiger charge is 2.24. The van der Waals surface area contributed by atoms with Crippen LogP contribution in [0.2, 0.25) is 5.15 Å². The zero-order valence-electron chi connectivity index (χ0n) is 9.88. The molecule has 2 N–H and O–H groups in total. The maximum Gasteiger partial charge on any atom is 0.362 e. The summed E-state index contributed by atoms with van der Waals surface area (Å²) in [6.45, 7) is 0.249. The molecule has 0 aliphatic carbocycles. The third-order valence-corrected chi connectivity index (χ3v) is 2.57. The van der Waals surface area contributed by atoms with E-state index in [-0.39, 0.29) is 12.4 Å². The van der Waals surface area contributed by atoms with Gasteiger partial charge in [0.15, 0.2) is 5.82 Å². The number of nitrogens with zero attached hydrogens (tertiary/aromatic N) is 2. The van der Waals surface area contributed by atoms with Crippen molar-refractivity contribution in [2.24, 2.45) is 0 Å². The molecule has 1 aromatic heterocycles. The van der Waals surface area contributed by atoms with Crippen LogP contribution in [0.3, 0.4) is 0 Å². The summed E-state index contributed by atoms with van der Waals surface area (Å²) >= 11 is 9.11. The Kier molecular flexibility index (Phi) is 5.58. The van der Waals surface area contributed by atoms with Crippen molar-refractivity contribution in [3.05, 3.63) is 50.7 Å². The van der Waals surface area contributed by atoms with E-state index < -0.39 is 15.7 Å². The highest BCUT2D eigenvalue weighted by atomic mass is 35.5. The number of nitro groups is 1. The fourth-order valence-corrected chi connectivity index (χ4v) is 1.57. The summed E-state index contributed by atoms with van der Waals surface area (Å²) in [5, 5.41) is 15.5. The van der Waals surface area contributed by atoms with Crippen LogP contribution in [0.25, 0.3) is 0 Å². The van der Waals surface area contributed by atoms with E-state index in [4.69, 9.17) is 11.6 Å². The van der Waals surface area contributed by atoms with Gasteiger partial charge in [0.2, 0.25) is 0 Å². The lowest BCUT2D eigenvalue weighted by atomic mass is 10.3. The van der Waals surface area contributed by atoms with Crippen LogP contribution in [-0.4, -0.2) is 22.1 Å². The molecule has 19 heavy (non-hydrogen) atoms. The van der Waals surface area contributed by atoms with Crippen molar-refractivity contribution < 1.29 is 9.72 Å². The van der Waals surface area contributed by atoms with Crippen LogP contribution >= 0.6 is 24.2 Å². The van der Waals surface area contributed by atoms with Crippen molar-refractivity contribution in [3.8, 4) is 0 Å². The number of rotatable bonds is 6. The molecule has 0 spiro atoms. The van der Waals surface area contributed by atoms with Gasteiger partial charge in [-0.05, 0) is 11.6 Å². The van der Waals surface area contributed by atoms with Gasteiger partial charge in [-0.2, -0.15) is 0 Å². The van der Waals surface area contributed by atoms with Gasteiger partial charge in [0, 0.05) is 19.8 Å². The molecule has 0 aromatic carbocycles. The summed E-state index contributed by atoms with van der Waals surface area (Å²) in [6, 6.07) is 3.31. The molecule has 1 heterocycles. The quantitative estimate of drug-likeness (QED) is 0.238. The summed E-state index contributed by atoms with van der Waals surface area (Å²) in [7, 11) is 1.46. The van der Waals surface area contributed by atoms with Crippen molar-refractivity contribution in [1.82, 2.24) is 15.6 Å². The molecular weight excluding hydrogens is 292 g/mol. The zero-order valence-corrected chi connectivity index (χ0v) is 11.5. The lowest BCUT2D eigenvalue weighted by molar-refractivity contribution is -0.419. The number of carbonyl (C=O) groups excluding carboxylic acids is 1. The summed E-state index contributed by atoms with van der Waals surface area (Å²) in [5.41, 5.74) is 0.110. The number of pyridine rings is 1. The van der Waals surface area contributed by atoms with Crippen molar-refractivity contribution in [3.63, 3.8) is 0 Å². The van der Waals surface area contributed by atoms with E-state index in [9.17, 15) is 14.9 Å². The van der Waals surface area contributed by atoms with E-state index in [2.05, 4.69) is 28.2 Å². The Hall–Kier alpha value is -1.80. The Morgan fingerprint density at radius 1 is 1.58 bits per heavy atom. The third-order valence-electron chi connectivity index (χ3n) is 2.13. The molecule has 0 saturated carbocycles. The molecule has 0 radical (unpaired) electrons. The number of hydrogen-bond donors (Lipinski definition) is 3. The van der Waals surface area contributed by atoms with Crippen molar-refractivity contribution in [1.29, 1.82) is 0 Å². The predicted octanol–water partition coefficient (Wildman–Crippen LogP) is 0.946. The van der Waals surface area contributed by atoms with Gasteiger partial charge in [-0.25, -0.2) is 4.98 Å². The van der Waals surface area contributed by atoms with Crippen molar-refractivity contribution >= 4 is 29.3 Å². The number of hydrogen-bond acceptors (Lipinski definition) is 6. The number of carbonyl (C=O) groups is 1. The summed E-state index contributed by atoms with van der Waals surface area (Å²) in [6.07, 6.45) is 1.52. The minimum Gasteiger partial charge on any atom is -0.369 e. The molecule has 0 aliphatic rings. The van der Waals surface area contributed by atoms with Crippen LogP contribution < -0.4 is 10.6 Å². The van der Waals surface area contributed by atoms with Gasteiger partial charge in [-0.3, -0.25) is 14.9 Å². The van der Waals surface area contributed by atoms with E-state index in [1.807, 2.05) is 0 Å². The Bertz CT molecular complexity index is 502. The van der Waals surface area contributed by atoms with E-state index in [0.29, 0.717) is 5.15 Å². The van der Waals surface area contributed by atoms with Crippen LogP contribution in [0, 0.1) is 10.1 Å². The molecule has 0 bridgehead atoms. The fraction of sp³-hybridized carbons (Fsp3) is 0.200. The molecule has 7 nitrogen and oxygen atoms in total. The Morgan fingerprint density at radius 2 is 2.26 bits per heavy atom. The maximum absolute atomic E-state index is 11.1. The van der Waals surface area contributed by atoms with Gasteiger partial charge in [-0.15, -0.1) is 0 Å². The zero-order chi connectivity index (χ0) is 14.4. The SMILES string of the molecule is CNC(NCc1ccc(Cl)nc1)=C(C(=O)S)[N+](=O)[O-]. The maximum atomic E-state index is 11.1. The lowest BCUT2D eigenvalue weighted by Gasteiger charge is -2.10. The Morgan fingerprint density at radius 3 is 2.68 bits per heavy atom. The normalized spacial score (nSPS) is 11.5. The van der Waals surface area contributed by atoms with Gasteiger partial charge < -0.3 is 10.6 Å². The number of aromatic nitrogens is 1. The average molecular weight is 303 g/mol. The largest absolute Gasteiger partial charge is 0.369 e. The first-order valence-electron chi connectivity index (χ1n) is 5.09. The molecule has 1 rings (SSSR count). The summed E-state index contributed by atoms with van der Waals surface area (Å²) in [5.74, 6) is -0.0139. The molecule has 0 aliphatic heterocycles. The first-order chi connectivity index (χ1) is 8.95. The second kappa shape index (κ2) is 6.95. The smallest absolute Gasteiger partial charge is 0.362 e. The Balaban J connectivity index is 2.87. The molecule has 0 atom stereocenters. The molecular formula is C10H11ClN4O3S. The summed E-state index contributed by atoms with van der Waals surface area (Å²) in [4.78, 5) is 24.9. The van der Waals surface area contributed by atoms with Crippen LogP contribution in [-0.2, 0) is 11.3 Å². The van der Waals surface area contributed by atoms with Crippen LogP contribution in [0.4, 0.5) is 0 Å². The van der Waals surface area contributed by atoms with E-state index in [1.54, 1.807) is 12.1 Å². The molecule has 0 fully saturated rings. The van der Waals surface area contributed by atoms with Crippen LogP contribution in [0.1, 0.15) is 5.56 Å². The molecule has 0 unspecified atom stereocenters. The highest BCUT2D eigenvalue weighted by Crippen LogP contribution is 2.08. The first-order valence-corrected chi connectivity index (χ1v) is 5.92. The van der Waals surface area contributed by atoms with E-state index >= 15 is 0 Å². The van der Waals surface area contributed by atoms with Gasteiger partial charge in [0.1, 0.15) is 5.15 Å². The first kappa shape index (κ1) is 15.3. The number of halogens is 1. The highest BCUT2D eigenvalue weighted by molar-refractivity contribution is 7.97. The summed E-state index contributed by atoms with van der Waals surface area (Å²) < 4.78 is 0. The topological polar surface area (TPSA) is 97.2 Å². The van der Waals surface area contributed by atoms with E-state index in [1.165, 1.54) is 13.2 Å².